The minimum Gasteiger partial charge on any atom is -0.268 e. The fourth-order valence-corrected chi connectivity index (χ4v) is 1.43. The number of thiocarbonyl (C=S) groups is 1. The Bertz CT molecular complexity index is 409. The van der Waals surface area contributed by atoms with E-state index in [4.69, 9.17) is 17.1 Å². The Labute approximate surface area is 109 Å². The average Bonchev–Trinajstić information content (AvgIpc) is 2.35. The van der Waals surface area contributed by atoms with Gasteiger partial charge in [-0.3, -0.25) is 15.0 Å². The number of thioether (sulfide) groups is 1. The maximum Gasteiger partial charge on any atom is 0.269 e. The van der Waals surface area contributed by atoms with Gasteiger partial charge in [0.25, 0.3) is 5.69 Å². The molecule has 5 nitrogen and oxygen atoms in total. The van der Waals surface area contributed by atoms with Gasteiger partial charge in [-0.1, -0.05) is 24.0 Å². The van der Waals surface area contributed by atoms with Gasteiger partial charge in [0.15, 0.2) is 4.32 Å². The van der Waals surface area contributed by atoms with Crippen molar-refractivity contribution in [3.63, 3.8) is 0 Å². The topological polar surface area (TPSA) is 55.6 Å². The van der Waals surface area contributed by atoms with Crippen LogP contribution in [0.15, 0.2) is 24.3 Å². The molecule has 0 spiro atoms. The third-order valence-electron chi connectivity index (χ3n) is 2.00. The minimum atomic E-state index is -0.431. The van der Waals surface area contributed by atoms with Gasteiger partial charge in [0.2, 0.25) is 0 Å². The molecule has 0 N–H and O–H groups in total. The van der Waals surface area contributed by atoms with E-state index in [1.807, 2.05) is 6.26 Å². The van der Waals surface area contributed by atoms with Crippen LogP contribution in [0, 0.1) is 10.1 Å². The van der Waals surface area contributed by atoms with Gasteiger partial charge < -0.3 is 0 Å². The van der Waals surface area contributed by atoms with Crippen molar-refractivity contribution in [2.24, 2.45) is 0 Å². The molecule has 0 aliphatic carbocycles. The highest BCUT2D eigenvalue weighted by Crippen LogP contribution is 2.13. The standard InChI is InChI=1S/C10H12N2O3S2/c1-11(10(16)17-2)15-7-8-3-5-9(6-4-8)12(13)14/h3-6H,7H2,1-2H3. The fourth-order valence-electron chi connectivity index (χ4n) is 1.07. The molecule has 0 radical (unpaired) electrons. The first kappa shape index (κ1) is 13.9. The van der Waals surface area contributed by atoms with Crippen LogP contribution in [0.4, 0.5) is 5.69 Å². The predicted octanol–water partition coefficient (Wildman–Crippen LogP) is 2.61. The number of hydrogen-bond acceptors (Lipinski definition) is 5. The van der Waals surface area contributed by atoms with Crippen LogP contribution in [-0.4, -0.2) is 27.6 Å². The summed E-state index contributed by atoms with van der Waals surface area (Å²) in [7, 11) is 1.73. The van der Waals surface area contributed by atoms with Crippen molar-refractivity contribution in [3.05, 3.63) is 39.9 Å². The largest absolute Gasteiger partial charge is 0.269 e. The molecule has 7 heteroatoms. The van der Waals surface area contributed by atoms with Crippen LogP contribution >= 0.6 is 24.0 Å². The predicted molar refractivity (Wildman–Crippen MR) is 71.8 cm³/mol. The lowest BCUT2D eigenvalue weighted by atomic mass is 10.2. The van der Waals surface area contributed by atoms with E-state index in [0.29, 0.717) is 10.9 Å². The maximum absolute atomic E-state index is 10.5. The van der Waals surface area contributed by atoms with Crippen molar-refractivity contribution in [3.8, 4) is 0 Å². The molecule has 0 aliphatic heterocycles. The first-order valence-electron chi connectivity index (χ1n) is 4.72. The molecule has 0 bridgehead atoms. The zero-order valence-corrected chi connectivity index (χ0v) is 11.1. The molecule has 0 fully saturated rings. The van der Waals surface area contributed by atoms with E-state index < -0.39 is 4.92 Å². The van der Waals surface area contributed by atoms with Crippen molar-refractivity contribution in [1.29, 1.82) is 0 Å². The lowest BCUT2D eigenvalue weighted by molar-refractivity contribution is -0.384. The normalized spacial score (nSPS) is 10.0. The molecule has 1 rings (SSSR count). The lowest BCUT2D eigenvalue weighted by Gasteiger charge is -2.17. The second kappa shape index (κ2) is 6.53. The summed E-state index contributed by atoms with van der Waals surface area (Å²) in [5.41, 5.74) is 0.924. The summed E-state index contributed by atoms with van der Waals surface area (Å²) in [6.45, 7) is 0.329. The summed E-state index contributed by atoms with van der Waals surface area (Å²) in [5, 5.41) is 12.0. The highest BCUT2D eigenvalue weighted by Gasteiger charge is 2.06. The summed E-state index contributed by atoms with van der Waals surface area (Å²) < 4.78 is 0.631. The molecule has 0 saturated heterocycles. The van der Waals surface area contributed by atoms with Crippen LogP contribution in [-0.2, 0) is 11.4 Å². The van der Waals surface area contributed by atoms with Crippen molar-refractivity contribution in [1.82, 2.24) is 5.06 Å². The Morgan fingerprint density at radius 1 is 1.53 bits per heavy atom. The fraction of sp³-hybridized carbons (Fsp3) is 0.300. The van der Waals surface area contributed by atoms with E-state index in [1.165, 1.54) is 29.0 Å². The molecule has 0 aromatic heterocycles. The van der Waals surface area contributed by atoms with Crippen molar-refractivity contribution >= 4 is 34.0 Å². The summed E-state index contributed by atoms with van der Waals surface area (Å²) in [6.07, 6.45) is 1.87. The summed E-state index contributed by atoms with van der Waals surface area (Å²) in [5.74, 6) is 0. The first-order chi connectivity index (χ1) is 8.04. The molecule has 0 unspecified atom stereocenters. The van der Waals surface area contributed by atoms with Crippen LogP contribution < -0.4 is 0 Å². The molecule has 17 heavy (non-hydrogen) atoms. The zero-order chi connectivity index (χ0) is 12.8. The monoisotopic (exact) mass is 272 g/mol. The van der Waals surface area contributed by atoms with Gasteiger partial charge in [0, 0.05) is 19.2 Å². The van der Waals surface area contributed by atoms with Crippen molar-refractivity contribution < 1.29 is 9.76 Å². The van der Waals surface area contributed by atoms with Gasteiger partial charge in [0.1, 0.15) is 0 Å². The van der Waals surface area contributed by atoms with Gasteiger partial charge in [0.05, 0.1) is 11.5 Å². The molecule has 0 aliphatic rings. The highest BCUT2D eigenvalue weighted by molar-refractivity contribution is 8.22. The molecular formula is C10H12N2O3S2. The van der Waals surface area contributed by atoms with Gasteiger partial charge in [-0.25, -0.2) is 5.06 Å². The summed E-state index contributed by atoms with van der Waals surface area (Å²) in [6, 6.07) is 6.22. The first-order valence-corrected chi connectivity index (χ1v) is 6.36. The number of nitrogens with zero attached hydrogens (tertiary/aromatic N) is 2. The maximum atomic E-state index is 10.5. The van der Waals surface area contributed by atoms with Crippen LogP contribution in [0.25, 0.3) is 0 Å². The van der Waals surface area contributed by atoms with E-state index in [-0.39, 0.29) is 5.69 Å². The molecule has 0 saturated carbocycles. The second-order valence-corrected chi connectivity index (χ2v) is 4.60. The van der Waals surface area contributed by atoms with Gasteiger partial charge in [-0.05, 0) is 24.0 Å². The Hall–Kier alpha value is -1.18. The number of nitro benzene ring substituents is 1. The van der Waals surface area contributed by atoms with E-state index >= 15 is 0 Å². The molecule has 0 amide bonds. The SMILES string of the molecule is CSC(=S)N(C)OCc1ccc([N+](=O)[O-])cc1. The van der Waals surface area contributed by atoms with Crippen molar-refractivity contribution in [2.45, 2.75) is 6.61 Å². The molecule has 1 aromatic carbocycles. The Morgan fingerprint density at radius 2 is 2.12 bits per heavy atom. The quantitative estimate of drug-likeness (QED) is 0.477. The number of hydrogen-bond donors (Lipinski definition) is 0. The van der Waals surface area contributed by atoms with Crippen molar-refractivity contribution in [2.75, 3.05) is 13.3 Å². The smallest absolute Gasteiger partial charge is 0.268 e. The number of benzene rings is 1. The number of nitro groups is 1. The van der Waals surface area contributed by atoms with E-state index in [2.05, 4.69) is 0 Å². The zero-order valence-electron chi connectivity index (χ0n) is 9.45. The van der Waals surface area contributed by atoms with E-state index in [9.17, 15) is 10.1 Å². The van der Waals surface area contributed by atoms with Crippen LogP contribution in [0.2, 0.25) is 0 Å². The van der Waals surface area contributed by atoms with E-state index in [0.717, 1.165) is 5.56 Å². The Balaban J connectivity index is 2.53. The van der Waals surface area contributed by atoms with Crippen LogP contribution in [0.1, 0.15) is 5.56 Å². The average molecular weight is 272 g/mol. The number of non-ortho nitro benzene ring substituents is 1. The minimum absolute atomic E-state index is 0.0711. The third kappa shape index (κ3) is 4.29. The van der Waals surface area contributed by atoms with Gasteiger partial charge in [-0.2, -0.15) is 0 Å². The summed E-state index contributed by atoms with van der Waals surface area (Å²) in [4.78, 5) is 15.4. The molecule has 0 heterocycles. The van der Waals surface area contributed by atoms with Gasteiger partial charge in [-0.15, -0.1) is 0 Å². The second-order valence-electron chi connectivity index (χ2n) is 3.16. The number of rotatable bonds is 4. The molecule has 1 aromatic rings. The third-order valence-corrected chi connectivity index (χ3v) is 3.37. The highest BCUT2D eigenvalue weighted by atomic mass is 32.2. The van der Waals surface area contributed by atoms with Gasteiger partial charge >= 0.3 is 0 Å². The Morgan fingerprint density at radius 3 is 2.59 bits per heavy atom. The molecule has 0 atom stereocenters. The van der Waals surface area contributed by atoms with Crippen LogP contribution in [0.3, 0.4) is 0 Å². The Kier molecular flexibility index (Phi) is 5.33. The molecule has 92 valence electrons. The molecular weight excluding hydrogens is 260 g/mol. The lowest BCUT2D eigenvalue weighted by Crippen LogP contribution is -2.22. The summed E-state index contributed by atoms with van der Waals surface area (Å²) >= 11 is 6.44. The van der Waals surface area contributed by atoms with Crippen LogP contribution in [0.5, 0.6) is 0 Å². The van der Waals surface area contributed by atoms with E-state index in [1.54, 1.807) is 19.2 Å². The number of hydroxylamine groups is 2.